The maximum atomic E-state index is 13.8. The number of aromatic nitrogens is 5. The van der Waals surface area contributed by atoms with Gasteiger partial charge in [-0.1, -0.05) is 18.2 Å². The Kier molecular flexibility index (Phi) is 5.57. The Morgan fingerprint density at radius 1 is 1.03 bits per heavy atom. The highest BCUT2D eigenvalue weighted by Gasteiger charge is 2.23. The molecule has 8 heteroatoms. The van der Waals surface area contributed by atoms with Gasteiger partial charge in [0.15, 0.2) is 5.82 Å². The Bertz CT molecular complexity index is 1420. The van der Waals surface area contributed by atoms with E-state index in [1.807, 2.05) is 47.4 Å². The van der Waals surface area contributed by atoms with Crippen molar-refractivity contribution >= 4 is 0 Å². The zero-order chi connectivity index (χ0) is 23.8. The van der Waals surface area contributed by atoms with Crippen molar-refractivity contribution in [3.8, 4) is 34.1 Å². The zero-order valence-corrected chi connectivity index (χ0v) is 19.0. The smallest absolute Gasteiger partial charge is 0.165 e. The summed E-state index contributed by atoms with van der Waals surface area (Å²) in [6.07, 6.45) is 5.39. The number of methoxy groups -OCH3 is 1. The molecule has 0 fully saturated rings. The molecular formula is C26H23F2N5O. The Balaban J connectivity index is 1.59. The average molecular weight is 460 g/mol. The number of nitrogens with zero attached hydrogens (tertiary/aromatic N) is 5. The number of hydrogen-bond acceptors (Lipinski definition) is 4. The van der Waals surface area contributed by atoms with Crippen LogP contribution >= 0.6 is 0 Å². The highest BCUT2D eigenvalue weighted by molar-refractivity contribution is 5.80. The van der Waals surface area contributed by atoms with Crippen LogP contribution in [0.1, 0.15) is 29.8 Å². The summed E-state index contributed by atoms with van der Waals surface area (Å²) in [6, 6.07) is 13.6. The number of fused-ring (bicyclic) bond motifs is 1. The second kappa shape index (κ2) is 8.70. The predicted molar refractivity (Wildman–Crippen MR) is 126 cm³/mol. The number of halogens is 2. The Hall–Kier alpha value is -4.07. The van der Waals surface area contributed by atoms with Crippen molar-refractivity contribution in [1.29, 1.82) is 0 Å². The third-order valence-electron chi connectivity index (χ3n) is 5.99. The molecule has 0 aliphatic carbocycles. The second-order valence-corrected chi connectivity index (χ2v) is 8.21. The maximum Gasteiger partial charge on any atom is 0.165 e. The number of imidazole rings is 1. The summed E-state index contributed by atoms with van der Waals surface area (Å²) >= 11 is 0. The Morgan fingerprint density at radius 2 is 1.82 bits per heavy atom. The number of rotatable bonds is 6. The van der Waals surface area contributed by atoms with Gasteiger partial charge in [0.05, 0.1) is 30.9 Å². The lowest BCUT2D eigenvalue weighted by Crippen LogP contribution is -2.12. The van der Waals surface area contributed by atoms with Gasteiger partial charge in [-0.3, -0.25) is 0 Å². The standard InChI is InChI=1S/C26H23F2N5O/c1-16-13-32(15-29-16)23-9-6-20(11-24(23)34-3)25-22-10-18(12-27)14-33(26(22)31-30-25)17(2)19-4-7-21(28)8-5-19/h4-11,13-15,17H,12H2,1-3H3/t17-/m0/s1. The highest BCUT2D eigenvalue weighted by atomic mass is 19.1. The summed E-state index contributed by atoms with van der Waals surface area (Å²) in [7, 11) is 1.61. The molecule has 0 saturated heterocycles. The Labute approximate surface area is 195 Å². The van der Waals surface area contributed by atoms with Crippen molar-refractivity contribution in [2.45, 2.75) is 26.6 Å². The number of aryl methyl sites for hydroxylation is 1. The fourth-order valence-electron chi connectivity index (χ4n) is 4.17. The third-order valence-corrected chi connectivity index (χ3v) is 5.99. The van der Waals surface area contributed by atoms with E-state index in [9.17, 15) is 8.78 Å². The molecule has 2 aliphatic rings. The van der Waals surface area contributed by atoms with Gasteiger partial charge in [0.2, 0.25) is 0 Å². The van der Waals surface area contributed by atoms with Crippen LogP contribution in [0.15, 0.2) is 67.3 Å². The van der Waals surface area contributed by atoms with Gasteiger partial charge in [-0.2, -0.15) is 0 Å². The lowest BCUT2D eigenvalue weighted by Gasteiger charge is -2.21. The molecule has 0 bridgehead atoms. The van der Waals surface area contributed by atoms with Gasteiger partial charge in [-0.05, 0) is 49.7 Å². The van der Waals surface area contributed by atoms with Gasteiger partial charge >= 0.3 is 0 Å². The van der Waals surface area contributed by atoms with Crippen LogP contribution in [-0.2, 0) is 6.67 Å². The first-order chi connectivity index (χ1) is 16.5. The molecule has 2 aliphatic heterocycles. The van der Waals surface area contributed by atoms with Gasteiger partial charge in [-0.25, -0.2) is 13.8 Å². The molecule has 2 aromatic carbocycles. The number of pyridine rings is 1. The van der Waals surface area contributed by atoms with Crippen molar-refractivity contribution in [2.75, 3.05) is 7.11 Å². The molecule has 0 unspecified atom stereocenters. The van der Waals surface area contributed by atoms with E-state index in [4.69, 9.17) is 4.74 Å². The molecule has 34 heavy (non-hydrogen) atoms. The summed E-state index contributed by atoms with van der Waals surface area (Å²) in [6.45, 7) is 3.26. The van der Waals surface area contributed by atoms with Crippen LogP contribution in [0.4, 0.5) is 8.78 Å². The summed E-state index contributed by atoms with van der Waals surface area (Å²) in [5, 5.41) is 8.88. The first kappa shape index (κ1) is 21.8. The number of hydrogen-bond donors (Lipinski definition) is 0. The largest absolute Gasteiger partial charge is 0.495 e. The van der Waals surface area contributed by atoms with E-state index < -0.39 is 6.67 Å². The third kappa shape index (κ3) is 3.81. The van der Waals surface area contributed by atoms with E-state index >= 15 is 0 Å². The van der Waals surface area contributed by atoms with Gasteiger partial charge in [0.25, 0.3) is 0 Å². The van der Waals surface area contributed by atoms with Crippen molar-refractivity contribution in [3.63, 3.8) is 0 Å². The van der Waals surface area contributed by atoms with E-state index in [2.05, 4.69) is 15.2 Å². The van der Waals surface area contributed by atoms with Gasteiger partial charge in [0.1, 0.15) is 23.9 Å². The average Bonchev–Trinajstić information content (AvgIpc) is 3.49. The van der Waals surface area contributed by atoms with E-state index in [1.54, 1.807) is 37.8 Å². The van der Waals surface area contributed by atoms with Crippen LogP contribution in [0.3, 0.4) is 0 Å². The first-order valence-electron chi connectivity index (χ1n) is 10.9. The van der Waals surface area contributed by atoms with E-state index in [0.29, 0.717) is 22.8 Å². The quantitative estimate of drug-likeness (QED) is 0.323. The fourth-order valence-corrected chi connectivity index (χ4v) is 4.17. The minimum atomic E-state index is -0.626. The van der Waals surface area contributed by atoms with E-state index in [0.717, 1.165) is 28.1 Å². The minimum absolute atomic E-state index is 0.194. The van der Waals surface area contributed by atoms with Gasteiger partial charge < -0.3 is 13.9 Å². The molecule has 0 saturated carbocycles. The molecule has 1 atom stereocenters. The van der Waals surface area contributed by atoms with Gasteiger partial charge in [-0.15, -0.1) is 10.2 Å². The fraction of sp³-hybridized carbons (Fsp3) is 0.192. The summed E-state index contributed by atoms with van der Waals surface area (Å²) < 4.78 is 36.7. The monoisotopic (exact) mass is 459 g/mol. The van der Waals surface area contributed by atoms with Crippen LogP contribution in [0.5, 0.6) is 5.75 Å². The topological polar surface area (TPSA) is 57.8 Å². The van der Waals surface area contributed by atoms with Crippen LogP contribution in [-0.4, -0.2) is 31.4 Å². The molecule has 5 rings (SSSR count). The lowest BCUT2D eigenvalue weighted by atomic mass is 10.0. The molecular weight excluding hydrogens is 436 g/mol. The molecule has 1 aromatic heterocycles. The second-order valence-electron chi connectivity index (χ2n) is 8.21. The predicted octanol–water partition coefficient (Wildman–Crippen LogP) is 5.77. The normalized spacial score (nSPS) is 12.3. The number of benzene rings is 2. The molecule has 0 radical (unpaired) electrons. The molecule has 3 aromatic rings. The molecule has 3 heterocycles. The summed E-state index contributed by atoms with van der Waals surface area (Å²) in [5.41, 5.74) is 5.31. The van der Waals surface area contributed by atoms with Crippen LogP contribution in [0.2, 0.25) is 0 Å². The molecule has 0 N–H and O–H groups in total. The van der Waals surface area contributed by atoms with Crippen LogP contribution < -0.4 is 4.74 Å². The van der Waals surface area contributed by atoms with Crippen molar-refractivity contribution < 1.29 is 13.5 Å². The van der Waals surface area contributed by atoms with Crippen LogP contribution in [0, 0.1) is 12.7 Å². The minimum Gasteiger partial charge on any atom is -0.495 e. The van der Waals surface area contributed by atoms with Crippen molar-refractivity contribution in [2.24, 2.45) is 0 Å². The number of alkyl halides is 1. The van der Waals surface area contributed by atoms with E-state index in [-0.39, 0.29) is 11.9 Å². The van der Waals surface area contributed by atoms with Crippen molar-refractivity contribution in [1.82, 2.24) is 24.3 Å². The van der Waals surface area contributed by atoms with Crippen LogP contribution in [0.25, 0.3) is 28.3 Å². The van der Waals surface area contributed by atoms with E-state index in [1.165, 1.54) is 12.1 Å². The molecule has 0 spiro atoms. The first-order valence-corrected chi connectivity index (χ1v) is 10.9. The molecule has 172 valence electrons. The summed E-state index contributed by atoms with van der Waals surface area (Å²) in [4.78, 5) is 4.28. The lowest BCUT2D eigenvalue weighted by molar-refractivity contribution is 0.413. The number of ether oxygens (including phenoxy) is 1. The maximum absolute atomic E-state index is 13.8. The molecule has 0 amide bonds. The Morgan fingerprint density at radius 3 is 2.50 bits per heavy atom. The highest BCUT2D eigenvalue weighted by Crippen LogP contribution is 2.37. The SMILES string of the molecule is COc1cc(-c2nnc3n([C@@H](C)c4ccc(F)cc4)cc(CF)cc2-3)ccc1-n1cnc(C)c1. The molecule has 6 nitrogen and oxygen atoms in total. The van der Waals surface area contributed by atoms with Gasteiger partial charge in [0, 0.05) is 29.1 Å². The summed E-state index contributed by atoms with van der Waals surface area (Å²) in [5.74, 6) is 0.972. The zero-order valence-electron chi connectivity index (χ0n) is 19.0. The van der Waals surface area contributed by atoms with Crippen molar-refractivity contribution in [3.05, 3.63) is 89.9 Å².